The van der Waals surface area contributed by atoms with Crippen LogP contribution in [0.1, 0.15) is 5.56 Å². The molecule has 0 fully saturated rings. The molecule has 0 amide bonds. The normalized spacial score (nSPS) is 12.9. The minimum absolute atomic E-state index is 0.748. The molecule has 0 saturated heterocycles. The third kappa shape index (κ3) is 3.86. The molecule has 38 heavy (non-hydrogen) atoms. The molecule has 0 bridgehead atoms. The lowest BCUT2D eigenvalue weighted by atomic mass is 9.85. The lowest BCUT2D eigenvalue weighted by molar-refractivity contribution is 1.29. The highest BCUT2D eigenvalue weighted by atomic mass is 14.8. The molecule has 6 aromatic rings. The number of rotatable bonds is 4. The number of hydrogen-bond acceptors (Lipinski definition) is 2. The average Bonchev–Trinajstić information content (AvgIpc) is 3.01. The molecule has 1 aliphatic heterocycles. The Morgan fingerprint density at radius 2 is 1.16 bits per heavy atom. The van der Waals surface area contributed by atoms with E-state index in [0.29, 0.717) is 0 Å². The summed E-state index contributed by atoms with van der Waals surface area (Å²) in [6.07, 6.45) is 11.8. The zero-order chi connectivity index (χ0) is 25.3. The molecule has 3 heteroatoms. The lowest BCUT2D eigenvalue weighted by Crippen LogP contribution is -1.93. The topological polar surface area (TPSA) is 39.9 Å². The Kier molecular flexibility index (Phi) is 5.52. The van der Waals surface area contributed by atoms with Gasteiger partial charge in [-0.3, -0.25) is 9.97 Å². The van der Waals surface area contributed by atoms with Crippen LogP contribution in [0.5, 0.6) is 0 Å². The second kappa shape index (κ2) is 9.45. The first kappa shape index (κ1) is 22.2. The van der Waals surface area contributed by atoms with Crippen LogP contribution in [-0.4, -0.2) is 16.5 Å². The Morgan fingerprint density at radius 3 is 1.79 bits per heavy atom. The predicted octanol–water partition coefficient (Wildman–Crippen LogP) is 9.07. The van der Waals surface area contributed by atoms with Crippen molar-refractivity contribution in [3.63, 3.8) is 0 Å². The van der Waals surface area contributed by atoms with E-state index < -0.39 is 0 Å². The molecule has 2 aromatic heterocycles. The first-order chi connectivity index (χ1) is 18.9. The van der Waals surface area contributed by atoms with Gasteiger partial charge < -0.3 is 5.32 Å². The largest absolute Gasteiger partial charge is 0.687 e. The Bertz CT molecular complexity index is 1810. The van der Waals surface area contributed by atoms with E-state index in [-0.39, 0.29) is 0 Å². The summed E-state index contributed by atoms with van der Waals surface area (Å²) in [5, 5.41) is 9.38. The van der Waals surface area contributed by atoms with Gasteiger partial charge in [-0.25, -0.2) is 0 Å². The highest BCUT2D eigenvalue weighted by Gasteiger charge is 2.17. The summed E-state index contributed by atoms with van der Waals surface area (Å²) < 4.78 is 0. The lowest BCUT2D eigenvalue weighted by Gasteiger charge is -2.21. The van der Waals surface area contributed by atoms with Crippen LogP contribution in [0.25, 0.3) is 65.9 Å². The third-order valence-electron chi connectivity index (χ3n) is 7.18. The van der Waals surface area contributed by atoms with Crippen molar-refractivity contribution in [3.05, 3.63) is 145 Å². The molecule has 4 aromatic carbocycles. The van der Waals surface area contributed by atoms with Crippen molar-refractivity contribution in [1.29, 1.82) is 0 Å². The van der Waals surface area contributed by atoms with Crippen LogP contribution >= 0.6 is 0 Å². The van der Waals surface area contributed by atoms with Gasteiger partial charge in [0.1, 0.15) is 0 Å². The fourth-order valence-electron chi connectivity index (χ4n) is 5.48. The number of fused-ring (bicyclic) bond motifs is 2. The van der Waals surface area contributed by atoms with Crippen molar-refractivity contribution >= 4 is 27.1 Å². The highest BCUT2D eigenvalue weighted by molar-refractivity contribution is 6.21. The molecule has 0 atom stereocenters. The summed E-state index contributed by atoms with van der Waals surface area (Å²) in [5.41, 5.74) is 9.15. The van der Waals surface area contributed by atoms with Crippen LogP contribution in [-0.2, 0) is 0 Å². The number of hydrogen-bond donors (Lipinski definition) is 0. The molecule has 3 nitrogen and oxygen atoms in total. The summed E-state index contributed by atoms with van der Waals surface area (Å²) >= 11 is 0. The number of nitrogens with zero attached hydrogens (tertiary/aromatic N) is 3. The smallest absolute Gasteiger partial charge is 0.0709 e. The van der Waals surface area contributed by atoms with Gasteiger partial charge in [0.2, 0.25) is 0 Å². The maximum absolute atomic E-state index is 4.67. The molecule has 0 spiro atoms. The van der Waals surface area contributed by atoms with E-state index in [2.05, 4.69) is 112 Å². The Labute approximate surface area is 221 Å². The van der Waals surface area contributed by atoms with Gasteiger partial charge in [0.15, 0.2) is 0 Å². The summed E-state index contributed by atoms with van der Waals surface area (Å²) in [6.45, 7) is 0.748. The van der Waals surface area contributed by atoms with Crippen molar-refractivity contribution in [3.8, 4) is 33.5 Å². The zero-order valence-electron chi connectivity index (χ0n) is 20.8. The van der Waals surface area contributed by atoms with E-state index in [1.54, 1.807) is 0 Å². The van der Waals surface area contributed by atoms with Gasteiger partial charge in [-0.2, -0.15) is 6.20 Å². The van der Waals surface area contributed by atoms with Crippen LogP contribution in [0.2, 0.25) is 0 Å². The summed E-state index contributed by atoms with van der Waals surface area (Å²) in [7, 11) is 0. The fourth-order valence-corrected chi connectivity index (χ4v) is 5.48. The first-order valence-electron chi connectivity index (χ1n) is 12.8. The molecular formula is C35H24N3-. The van der Waals surface area contributed by atoms with Gasteiger partial charge in [0, 0.05) is 24.2 Å². The summed E-state index contributed by atoms with van der Waals surface area (Å²) in [5.74, 6) is 0. The summed E-state index contributed by atoms with van der Waals surface area (Å²) in [4.78, 5) is 8.84. The molecule has 0 aliphatic carbocycles. The predicted molar refractivity (Wildman–Crippen MR) is 159 cm³/mol. The van der Waals surface area contributed by atoms with Gasteiger partial charge in [-0.05, 0) is 85.3 Å². The van der Waals surface area contributed by atoms with Crippen LogP contribution in [0.4, 0.5) is 0 Å². The summed E-state index contributed by atoms with van der Waals surface area (Å²) in [6, 6.07) is 34.6. The highest BCUT2D eigenvalue weighted by Crippen LogP contribution is 2.44. The van der Waals surface area contributed by atoms with Crippen LogP contribution in [0, 0.1) is 0 Å². The second-order valence-electron chi connectivity index (χ2n) is 9.44. The van der Waals surface area contributed by atoms with Gasteiger partial charge in [-0.15, -0.1) is 12.6 Å². The molecule has 0 unspecified atom stereocenters. The van der Waals surface area contributed by atoms with Gasteiger partial charge >= 0.3 is 0 Å². The van der Waals surface area contributed by atoms with E-state index in [0.717, 1.165) is 28.9 Å². The molecule has 0 saturated carbocycles. The minimum atomic E-state index is 0.748. The maximum atomic E-state index is 4.67. The van der Waals surface area contributed by atoms with Crippen LogP contribution in [0.3, 0.4) is 0 Å². The fraction of sp³-hybridized carbons (Fsp3) is 0.0286. The van der Waals surface area contributed by atoms with Crippen LogP contribution < -0.4 is 0 Å². The SMILES string of the molecule is C1=CC(c2cccc(-c3c4ccccc4c(-c4ccnc(-c5ccncc5)c4)c4ccccc34)c2)=C[N-]C1. The van der Waals surface area contributed by atoms with Gasteiger partial charge in [0.25, 0.3) is 0 Å². The second-order valence-corrected chi connectivity index (χ2v) is 9.44. The molecular weight excluding hydrogens is 462 g/mol. The standard InChI is InChI=1S/C35H24N3/c1-3-12-31-29(10-1)34(26-8-5-7-25(21-26)28-9-6-17-37-23-28)30-11-2-4-13-32(30)35(31)27-16-20-38-33(22-27)24-14-18-36-19-15-24/h1-16,18-23H,17H2/q-1. The Morgan fingerprint density at radius 1 is 0.553 bits per heavy atom. The van der Waals surface area contributed by atoms with Crippen LogP contribution in [0.15, 0.2) is 134 Å². The average molecular weight is 487 g/mol. The maximum Gasteiger partial charge on any atom is 0.0709 e. The van der Waals surface area contributed by atoms with Crippen molar-refractivity contribution in [2.24, 2.45) is 0 Å². The Balaban J connectivity index is 1.50. The van der Waals surface area contributed by atoms with E-state index in [4.69, 9.17) is 0 Å². The third-order valence-corrected chi connectivity index (χ3v) is 7.18. The molecule has 7 rings (SSSR count). The number of allylic oxidation sites excluding steroid dienone is 2. The molecule has 3 heterocycles. The monoisotopic (exact) mass is 486 g/mol. The van der Waals surface area contributed by atoms with E-state index in [9.17, 15) is 0 Å². The van der Waals surface area contributed by atoms with Gasteiger partial charge in [-0.1, -0.05) is 72.8 Å². The quantitative estimate of drug-likeness (QED) is 0.233. The molecule has 1 aliphatic rings. The van der Waals surface area contributed by atoms with E-state index in [1.807, 2.05) is 36.9 Å². The van der Waals surface area contributed by atoms with Crippen molar-refractivity contribution < 1.29 is 0 Å². The van der Waals surface area contributed by atoms with Crippen molar-refractivity contribution in [2.75, 3.05) is 6.54 Å². The number of benzene rings is 4. The van der Waals surface area contributed by atoms with E-state index >= 15 is 0 Å². The Hall–Kier alpha value is -5.02. The molecule has 180 valence electrons. The van der Waals surface area contributed by atoms with Crippen molar-refractivity contribution in [2.45, 2.75) is 0 Å². The molecule has 0 N–H and O–H groups in total. The van der Waals surface area contributed by atoms with Crippen molar-refractivity contribution in [1.82, 2.24) is 9.97 Å². The van der Waals surface area contributed by atoms with Gasteiger partial charge in [0.05, 0.1) is 5.69 Å². The minimum Gasteiger partial charge on any atom is -0.687 e. The molecule has 0 radical (unpaired) electrons. The first-order valence-corrected chi connectivity index (χ1v) is 12.8. The zero-order valence-corrected chi connectivity index (χ0v) is 20.8. The number of pyridine rings is 2. The van der Waals surface area contributed by atoms with E-state index in [1.165, 1.54) is 43.8 Å². The number of aromatic nitrogens is 2.